The lowest BCUT2D eigenvalue weighted by atomic mass is 10.1. The quantitative estimate of drug-likeness (QED) is 0.704. The van der Waals surface area contributed by atoms with Crippen molar-refractivity contribution in [3.63, 3.8) is 0 Å². The van der Waals surface area contributed by atoms with E-state index in [1.165, 1.54) is 12.1 Å². The van der Waals surface area contributed by atoms with E-state index in [2.05, 4.69) is 10.0 Å². The molecule has 0 radical (unpaired) electrons. The third kappa shape index (κ3) is 4.66. The van der Waals surface area contributed by atoms with E-state index in [9.17, 15) is 13.2 Å². The molecule has 1 fully saturated rings. The molecule has 0 aromatic heterocycles. The SMILES string of the molecule is NCc1ccc(C(=O)Nc2ccc(S(=O)(=O)NCC3CC3)cc2)cc1. The van der Waals surface area contributed by atoms with E-state index in [0.717, 1.165) is 18.4 Å². The smallest absolute Gasteiger partial charge is 0.255 e. The predicted molar refractivity (Wildman–Crippen MR) is 96.6 cm³/mol. The Morgan fingerprint density at radius 1 is 1.04 bits per heavy atom. The molecule has 0 spiro atoms. The van der Waals surface area contributed by atoms with Crippen LogP contribution in [0.4, 0.5) is 5.69 Å². The highest BCUT2D eigenvalue weighted by molar-refractivity contribution is 7.89. The summed E-state index contributed by atoms with van der Waals surface area (Å²) in [4.78, 5) is 12.4. The van der Waals surface area contributed by atoms with Crippen LogP contribution >= 0.6 is 0 Å². The molecule has 0 unspecified atom stereocenters. The van der Waals surface area contributed by atoms with Crippen molar-refractivity contribution in [2.75, 3.05) is 11.9 Å². The van der Waals surface area contributed by atoms with Gasteiger partial charge in [0, 0.05) is 24.3 Å². The van der Waals surface area contributed by atoms with E-state index in [1.54, 1.807) is 36.4 Å². The average molecular weight is 359 g/mol. The normalized spacial score (nSPS) is 14.3. The molecular formula is C18H21N3O3S. The van der Waals surface area contributed by atoms with Crippen LogP contribution < -0.4 is 15.8 Å². The van der Waals surface area contributed by atoms with Crippen LogP contribution in [-0.4, -0.2) is 20.9 Å². The van der Waals surface area contributed by atoms with Crippen molar-refractivity contribution in [3.05, 3.63) is 59.7 Å². The largest absolute Gasteiger partial charge is 0.326 e. The molecule has 2 aromatic rings. The molecule has 6 nitrogen and oxygen atoms in total. The summed E-state index contributed by atoms with van der Waals surface area (Å²) in [5.41, 5.74) is 7.53. The Morgan fingerprint density at radius 2 is 1.68 bits per heavy atom. The third-order valence-corrected chi connectivity index (χ3v) is 5.57. The van der Waals surface area contributed by atoms with E-state index < -0.39 is 10.0 Å². The summed E-state index contributed by atoms with van der Waals surface area (Å²) >= 11 is 0. The summed E-state index contributed by atoms with van der Waals surface area (Å²) in [6.07, 6.45) is 2.17. The molecule has 0 aliphatic heterocycles. The highest BCUT2D eigenvalue weighted by atomic mass is 32.2. The van der Waals surface area contributed by atoms with E-state index in [4.69, 9.17) is 5.73 Å². The molecule has 0 atom stereocenters. The van der Waals surface area contributed by atoms with Gasteiger partial charge in [-0.2, -0.15) is 0 Å². The van der Waals surface area contributed by atoms with Gasteiger partial charge in [-0.25, -0.2) is 13.1 Å². The highest BCUT2D eigenvalue weighted by Gasteiger charge is 2.24. The van der Waals surface area contributed by atoms with Crippen molar-refractivity contribution in [1.82, 2.24) is 4.72 Å². The van der Waals surface area contributed by atoms with E-state index in [0.29, 0.717) is 30.3 Å². The van der Waals surface area contributed by atoms with Gasteiger partial charge in [0.05, 0.1) is 4.90 Å². The fourth-order valence-corrected chi connectivity index (χ4v) is 3.46. The van der Waals surface area contributed by atoms with Gasteiger partial charge in [0.2, 0.25) is 10.0 Å². The van der Waals surface area contributed by atoms with Crippen LogP contribution in [0.1, 0.15) is 28.8 Å². The fourth-order valence-electron chi connectivity index (χ4n) is 2.35. The second-order valence-electron chi connectivity index (χ2n) is 6.17. The van der Waals surface area contributed by atoms with E-state index in [-0.39, 0.29) is 10.8 Å². The minimum absolute atomic E-state index is 0.193. The number of benzene rings is 2. The molecule has 132 valence electrons. The molecule has 1 aliphatic carbocycles. The maximum Gasteiger partial charge on any atom is 0.255 e. The van der Waals surface area contributed by atoms with Gasteiger partial charge < -0.3 is 11.1 Å². The molecule has 25 heavy (non-hydrogen) atoms. The molecule has 0 bridgehead atoms. The molecule has 3 rings (SSSR count). The number of amides is 1. The second kappa shape index (κ2) is 7.35. The zero-order chi connectivity index (χ0) is 17.9. The van der Waals surface area contributed by atoms with Gasteiger partial charge in [-0.05, 0) is 60.7 Å². The third-order valence-electron chi connectivity index (χ3n) is 4.13. The lowest BCUT2D eigenvalue weighted by molar-refractivity contribution is 0.102. The number of carbonyl (C=O) groups is 1. The summed E-state index contributed by atoms with van der Waals surface area (Å²) in [7, 11) is -3.49. The molecule has 0 saturated heterocycles. The first kappa shape index (κ1) is 17.6. The first-order valence-corrected chi connectivity index (χ1v) is 9.66. The Balaban J connectivity index is 1.64. The standard InChI is InChI=1S/C18H21N3O3S/c19-11-13-3-5-15(6-4-13)18(22)21-16-7-9-17(10-8-16)25(23,24)20-12-14-1-2-14/h3-10,14,20H,1-2,11-12,19H2,(H,21,22). The first-order chi connectivity index (χ1) is 12.0. The Kier molecular flexibility index (Phi) is 5.17. The van der Waals surface area contributed by atoms with Crippen LogP contribution in [0.15, 0.2) is 53.4 Å². The topological polar surface area (TPSA) is 101 Å². The number of nitrogens with two attached hydrogens (primary N) is 1. The predicted octanol–water partition coefficient (Wildman–Crippen LogP) is 2.09. The Morgan fingerprint density at radius 3 is 2.24 bits per heavy atom. The van der Waals surface area contributed by atoms with Gasteiger partial charge in [0.15, 0.2) is 0 Å². The first-order valence-electron chi connectivity index (χ1n) is 8.18. The van der Waals surface area contributed by atoms with Crippen LogP contribution in [0.3, 0.4) is 0 Å². The van der Waals surface area contributed by atoms with Crippen molar-refractivity contribution in [3.8, 4) is 0 Å². The summed E-state index contributed by atoms with van der Waals surface area (Å²) in [5, 5.41) is 2.75. The summed E-state index contributed by atoms with van der Waals surface area (Å²) in [6.45, 7) is 0.909. The van der Waals surface area contributed by atoms with Crippen molar-refractivity contribution in [2.45, 2.75) is 24.3 Å². The average Bonchev–Trinajstić information content (AvgIpc) is 3.45. The molecular weight excluding hydrogens is 338 g/mol. The van der Waals surface area contributed by atoms with Gasteiger partial charge in [-0.3, -0.25) is 4.79 Å². The maximum atomic E-state index is 12.2. The van der Waals surface area contributed by atoms with Crippen molar-refractivity contribution < 1.29 is 13.2 Å². The molecule has 4 N–H and O–H groups in total. The van der Waals surface area contributed by atoms with Crippen molar-refractivity contribution in [2.24, 2.45) is 11.7 Å². The number of hydrogen-bond donors (Lipinski definition) is 3. The molecule has 7 heteroatoms. The Labute approximate surface area is 147 Å². The lowest BCUT2D eigenvalue weighted by Gasteiger charge is -2.09. The monoisotopic (exact) mass is 359 g/mol. The number of carbonyl (C=O) groups excluding carboxylic acids is 1. The van der Waals surface area contributed by atoms with Gasteiger partial charge in [-0.1, -0.05) is 12.1 Å². The van der Waals surface area contributed by atoms with Crippen LogP contribution in [0.25, 0.3) is 0 Å². The number of sulfonamides is 1. The highest BCUT2D eigenvalue weighted by Crippen LogP contribution is 2.28. The minimum Gasteiger partial charge on any atom is -0.326 e. The van der Waals surface area contributed by atoms with Crippen molar-refractivity contribution in [1.29, 1.82) is 0 Å². The zero-order valence-corrected chi connectivity index (χ0v) is 14.6. The van der Waals surface area contributed by atoms with Gasteiger partial charge >= 0.3 is 0 Å². The summed E-state index contributed by atoms with van der Waals surface area (Å²) in [5.74, 6) is 0.213. The van der Waals surface area contributed by atoms with Gasteiger partial charge in [0.25, 0.3) is 5.91 Å². The Hall–Kier alpha value is -2.22. The molecule has 0 heterocycles. The van der Waals surface area contributed by atoms with E-state index >= 15 is 0 Å². The number of anilines is 1. The van der Waals surface area contributed by atoms with Crippen LogP contribution in [-0.2, 0) is 16.6 Å². The molecule has 1 saturated carbocycles. The maximum absolute atomic E-state index is 12.2. The van der Waals surface area contributed by atoms with Crippen molar-refractivity contribution >= 4 is 21.6 Å². The Bertz CT molecular complexity index is 842. The molecule has 1 amide bonds. The second-order valence-corrected chi connectivity index (χ2v) is 7.94. The molecule has 2 aromatic carbocycles. The van der Waals surface area contributed by atoms with Crippen LogP contribution in [0, 0.1) is 5.92 Å². The van der Waals surface area contributed by atoms with E-state index in [1.807, 2.05) is 0 Å². The van der Waals surface area contributed by atoms with Gasteiger partial charge in [0.1, 0.15) is 0 Å². The minimum atomic E-state index is -3.49. The number of rotatable bonds is 7. The van der Waals surface area contributed by atoms with Crippen LogP contribution in [0.2, 0.25) is 0 Å². The summed E-state index contributed by atoms with van der Waals surface area (Å²) in [6, 6.07) is 13.2. The lowest BCUT2D eigenvalue weighted by Crippen LogP contribution is -2.25. The fraction of sp³-hybridized carbons (Fsp3) is 0.278. The number of hydrogen-bond acceptors (Lipinski definition) is 4. The molecule has 1 aliphatic rings. The zero-order valence-electron chi connectivity index (χ0n) is 13.7. The van der Waals surface area contributed by atoms with Crippen LogP contribution in [0.5, 0.6) is 0 Å². The van der Waals surface area contributed by atoms with Gasteiger partial charge in [-0.15, -0.1) is 0 Å². The number of nitrogens with one attached hydrogen (secondary N) is 2. The summed E-state index contributed by atoms with van der Waals surface area (Å²) < 4.78 is 27.0.